The lowest BCUT2D eigenvalue weighted by atomic mass is 10.2. The first-order valence-electron chi connectivity index (χ1n) is 6.94. The first-order valence-corrected chi connectivity index (χ1v) is 9.99. The molecule has 114 valence electrons. The average Bonchev–Trinajstić information content (AvgIpc) is 3.25. The van der Waals surface area contributed by atoms with Gasteiger partial charge in [-0.15, -0.1) is 11.3 Å². The number of aromatic nitrogens is 2. The molecule has 0 N–H and O–H groups in total. The molecule has 1 saturated heterocycles. The second kappa shape index (κ2) is 5.38. The largest absolute Gasteiger partial charge is 0.245 e. The second-order valence-electron chi connectivity index (χ2n) is 5.18. The van der Waals surface area contributed by atoms with E-state index in [0.29, 0.717) is 17.6 Å². The van der Waals surface area contributed by atoms with E-state index < -0.39 is 10.0 Å². The molecular formula is C14H13N3O2S3. The third-order valence-electron chi connectivity index (χ3n) is 3.91. The van der Waals surface area contributed by atoms with E-state index in [1.807, 2.05) is 17.5 Å². The number of hydrogen-bond donors (Lipinski definition) is 0. The van der Waals surface area contributed by atoms with Crippen molar-refractivity contribution in [2.75, 3.05) is 6.54 Å². The summed E-state index contributed by atoms with van der Waals surface area (Å²) in [6, 6.07) is 9.06. The van der Waals surface area contributed by atoms with Crippen molar-refractivity contribution in [2.24, 2.45) is 0 Å². The maximum atomic E-state index is 13.1. The Kier molecular flexibility index (Phi) is 3.48. The molecule has 1 aliphatic heterocycles. The van der Waals surface area contributed by atoms with Gasteiger partial charge in [0, 0.05) is 11.4 Å². The molecule has 1 aromatic carbocycles. The predicted octanol–water partition coefficient (Wildman–Crippen LogP) is 3.28. The van der Waals surface area contributed by atoms with Crippen molar-refractivity contribution >= 4 is 44.1 Å². The zero-order valence-corrected chi connectivity index (χ0v) is 14.0. The molecule has 4 rings (SSSR count). The van der Waals surface area contributed by atoms with Gasteiger partial charge in [-0.3, -0.25) is 0 Å². The third kappa shape index (κ3) is 2.18. The van der Waals surface area contributed by atoms with Crippen LogP contribution in [-0.2, 0) is 10.0 Å². The van der Waals surface area contributed by atoms with Gasteiger partial charge in [0.2, 0.25) is 10.0 Å². The highest BCUT2D eigenvalue weighted by Gasteiger charge is 2.37. The van der Waals surface area contributed by atoms with E-state index in [9.17, 15) is 8.42 Å². The lowest BCUT2D eigenvalue weighted by Crippen LogP contribution is -2.30. The Morgan fingerprint density at radius 3 is 2.91 bits per heavy atom. The van der Waals surface area contributed by atoms with Crippen molar-refractivity contribution < 1.29 is 8.42 Å². The summed E-state index contributed by atoms with van der Waals surface area (Å²) in [5, 5.41) is 1.99. The molecule has 0 saturated carbocycles. The average molecular weight is 351 g/mol. The Balaban J connectivity index is 1.82. The maximum absolute atomic E-state index is 13.1. The molecular weight excluding hydrogens is 338 g/mol. The molecule has 0 bridgehead atoms. The molecule has 1 atom stereocenters. The summed E-state index contributed by atoms with van der Waals surface area (Å²) in [5.41, 5.74) is 1.11. The van der Waals surface area contributed by atoms with Crippen molar-refractivity contribution in [1.82, 2.24) is 13.1 Å². The summed E-state index contributed by atoms with van der Waals surface area (Å²) in [6.07, 6.45) is 1.75. The van der Waals surface area contributed by atoms with Gasteiger partial charge in [-0.2, -0.15) is 13.1 Å². The fourth-order valence-electron chi connectivity index (χ4n) is 2.91. The highest BCUT2D eigenvalue weighted by atomic mass is 32.2. The fourth-order valence-corrected chi connectivity index (χ4v) is 6.28. The number of thiophene rings is 1. The summed E-state index contributed by atoms with van der Waals surface area (Å²) < 4.78 is 36.2. The summed E-state index contributed by atoms with van der Waals surface area (Å²) in [7, 11) is -3.57. The zero-order chi connectivity index (χ0) is 15.2. The molecule has 22 heavy (non-hydrogen) atoms. The third-order valence-corrected chi connectivity index (χ3v) is 7.37. The van der Waals surface area contributed by atoms with E-state index in [0.717, 1.165) is 29.4 Å². The first-order chi connectivity index (χ1) is 10.7. The Labute approximate surface area is 136 Å². The maximum Gasteiger partial charge on any atom is 0.245 e. The number of hydrogen-bond acceptors (Lipinski definition) is 6. The lowest BCUT2D eigenvalue weighted by Gasteiger charge is -2.23. The highest BCUT2D eigenvalue weighted by molar-refractivity contribution is 7.89. The predicted molar refractivity (Wildman–Crippen MR) is 87.6 cm³/mol. The summed E-state index contributed by atoms with van der Waals surface area (Å²) in [6.45, 7) is 0.554. The molecule has 3 aromatic rings. The van der Waals surface area contributed by atoms with Crippen LogP contribution in [0, 0.1) is 0 Å². The number of nitrogens with zero attached hydrogens (tertiary/aromatic N) is 3. The zero-order valence-electron chi connectivity index (χ0n) is 11.5. The van der Waals surface area contributed by atoms with Crippen LogP contribution in [0.15, 0.2) is 40.6 Å². The molecule has 8 heteroatoms. The molecule has 1 fully saturated rings. The molecule has 0 unspecified atom stereocenters. The van der Waals surface area contributed by atoms with E-state index in [4.69, 9.17) is 0 Å². The first kappa shape index (κ1) is 14.3. The molecule has 0 spiro atoms. The minimum Gasteiger partial charge on any atom is -0.207 e. The van der Waals surface area contributed by atoms with E-state index >= 15 is 0 Å². The minimum atomic E-state index is -3.57. The summed E-state index contributed by atoms with van der Waals surface area (Å²) >= 11 is 2.65. The molecule has 1 aliphatic rings. The van der Waals surface area contributed by atoms with Gasteiger partial charge in [-0.1, -0.05) is 12.1 Å². The van der Waals surface area contributed by atoms with Crippen LogP contribution in [0.3, 0.4) is 0 Å². The number of sulfonamides is 1. The smallest absolute Gasteiger partial charge is 0.207 e. The van der Waals surface area contributed by atoms with Gasteiger partial charge >= 0.3 is 0 Å². The second-order valence-corrected chi connectivity index (χ2v) is 8.54. The van der Waals surface area contributed by atoms with Crippen LogP contribution in [-0.4, -0.2) is 28.0 Å². The summed E-state index contributed by atoms with van der Waals surface area (Å²) in [5.74, 6) is 0. The Hall–Kier alpha value is -1.35. The normalized spacial score (nSPS) is 19.9. The van der Waals surface area contributed by atoms with E-state index in [1.54, 1.807) is 33.8 Å². The fraction of sp³-hybridized carbons (Fsp3) is 0.286. The van der Waals surface area contributed by atoms with Crippen LogP contribution < -0.4 is 0 Å². The van der Waals surface area contributed by atoms with Crippen LogP contribution >= 0.6 is 23.1 Å². The van der Waals surface area contributed by atoms with Gasteiger partial charge in [-0.05, 0) is 36.4 Å². The molecule has 3 heterocycles. The van der Waals surface area contributed by atoms with Crippen LogP contribution in [0.4, 0.5) is 0 Å². The van der Waals surface area contributed by atoms with E-state index in [1.165, 1.54) is 0 Å². The van der Waals surface area contributed by atoms with E-state index in [-0.39, 0.29) is 10.9 Å². The van der Waals surface area contributed by atoms with Crippen LogP contribution in [0.25, 0.3) is 11.0 Å². The SMILES string of the molecule is O=S(=O)(c1cccc2nsnc12)N1CCC[C@H]1c1cccs1. The van der Waals surface area contributed by atoms with E-state index in [2.05, 4.69) is 8.75 Å². The van der Waals surface area contributed by atoms with Crippen LogP contribution in [0.5, 0.6) is 0 Å². The van der Waals surface area contributed by atoms with Gasteiger partial charge in [0.25, 0.3) is 0 Å². The number of fused-ring (bicyclic) bond motifs is 1. The van der Waals surface area contributed by atoms with Crippen molar-refractivity contribution in [2.45, 2.75) is 23.8 Å². The molecule has 2 aromatic heterocycles. The molecule has 0 amide bonds. The Bertz CT molecular complexity index is 902. The Morgan fingerprint density at radius 1 is 1.18 bits per heavy atom. The van der Waals surface area contributed by atoms with Crippen molar-refractivity contribution in [3.05, 3.63) is 40.6 Å². The van der Waals surface area contributed by atoms with Crippen LogP contribution in [0.2, 0.25) is 0 Å². The van der Waals surface area contributed by atoms with Gasteiger partial charge in [0.15, 0.2) is 0 Å². The number of benzene rings is 1. The van der Waals surface area contributed by atoms with Crippen molar-refractivity contribution in [3.8, 4) is 0 Å². The quantitative estimate of drug-likeness (QED) is 0.726. The molecule has 5 nitrogen and oxygen atoms in total. The summed E-state index contributed by atoms with van der Waals surface area (Å²) in [4.78, 5) is 1.37. The molecule has 0 radical (unpaired) electrons. The number of rotatable bonds is 3. The van der Waals surface area contributed by atoms with Gasteiger partial charge in [0.05, 0.1) is 17.8 Å². The van der Waals surface area contributed by atoms with Crippen molar-refractivity contribution in [1.29, 1.82) is 0 Å². The van der Waals surface area contributed by atoms with Crippen molar-refractivity contribution in [3.63, 3.8) is 0 Å². The van der Waals surface area contributed by atoms with Gasteiger partial charge in [-0.25, -0.2) is 8.42 Å². The minimum absolute atomic E-state index is 0.0631. The van der Waals surface area contributed by atoms with Crippen LogP contribution in [0.1, 0.15) is 23.8 Å². The standard InChI is InChI=1S/C14H13N3O2S3/c18-22(19,13-7-1-4-10-14(13)16-21-15-10)17-8-2-5-11(17)12-6-3-9-20-12/h1,3-4,6-7,9,11H,2,5,8H2/t11-/m0/s1. The lowest BCUT2D eigenvalue weighted by molar-refractivity contribution is 0.401. The van der Waals surface area contributed by atoms with Gasteiger partial charge in [0.1, 0.15) is 15.9 Å². The molecule has 0 aliphatic carbocycles. The Morgan fingerprint density at radius 2 is 2.09 bits per heavy atom. The highest BCUT2D eigenvalue weighted by Crippen LogP contribution is 2.39. The topological polar surface area (TPSA) is 63.2 Å². The van der Waals surface area contributed by atoms with Gasteiger partial charge < -0.3 is 0 Å². The monoisotopic (exact) mass is 351 g/mol.